The first-order chi connectivity index (χ1) is 7.10. The summed E-state index contributed by atoms with van der Waals surface area (Å²) in [5, 5.41) is 0. The summed E-state index contributed by atoms with van der Waals surface area (Å²) < 4.78 is 30.5. The van der Waals surface area contributed by atoms with Crippen LogP contribution in [0, 0.1) is 0 Å². The van der Waals surface area contributed by atoms with Gasteiger partial charge < -0.3 is 10.5 Å². The van der Waals surface area contributed by atoms with E-state index < -0.39 is 10.0 Å². The minimum atomic E-state index is -3.19. The molecule has 1 rings (SSSR count). The van der Waals surface area contributed by atoms with Crippen LogP contribution in [-0.2, 0) is 14.8 Å². The van der Waals surface area contributed by atoms with Crippen molar-refractivity contribution in [1.29, 1.82) is 0 Å². The summed E-state index contributed by atoms with van der Waals surface area (Å²) in [5.74, 6) is 0.0981. The fourth-order valence-corrected chi connectivity index (χ4v) is 3.47. The quantitative estimate of drug-likeness (QED) is 0.692. The molecule has 15 heavy (non-hydrogen) atoms. The van der Waals surface area contributed by atoms with Crippen LogP contribution < -0.4 is 5.73 Å². The van der Waals surface area contributed by atoms with Crippen molar-refractivity contribution in [2.45, 2.75) is 25.9 Å². The molecule has 1 aliphatic rings. The minimum Gasteiger partial charge on any atom is -0.377 e. The van der Waals surface area contributed by atoms with Gasteiger partial charge in [-0.15, -0.1) is 0 Å². The van der Waals surface area contributed by atoms with E-state index in [0.29, 0.717) is 26.2 Å². The second kappa shape index (κ2) is 5.79. The molecule has 5 nitrogen and oxygen atoms in total. The normalized spacial score (nSPS) is 22.5. The number of nitrogens with zero attached hydrogens (tertiary/aromatic N) is 1. The lowest BCUT2D eigenvalue weighted by atomic mass is 10.3. The molecule has 1 fully saturated rings. The Morgan fingerprint density at radius 2 is 2.27 bits per heavy atom. The van der Waals surface area contributed by atoms with Crippen molar-refractivity contribution in [2.24, 2.45) is 5.73 Å². The van der Waals surface area contributed by atoms with E-state index >= 15 is 0 Å². The molecule has 0 spiro atoms. The predicted octanol–water partition coefficient (Wildman–Crippen LogP) is -0.224. The van der Waals surface area contributed by atoms with Crippen LogP contribution in [0.25, 0.3) is 0 Å². The van der Waals surface area contributed by atoms with Crippen molar-refractivity contribution in [3.8, 4) is 0 Å². The molecule has 90 valence electrons. The Balaban J connectivity index is 2.55. The van der Waals surface area contributed by atoms with Gasteiger partial charge in [-0.25, -0.2) is 12.7 Å². The first kappa shape index (κ1) is 12.9. The molecule has 6 heteroatoms. The van der Waals surface area contributed by atoms with Gasteiger partial charge in [0.1, 0.15) is 0 Å². The van der Waals surface area contributed by atoms with Crippen LogP contribution >= 0.6 is 0 Å². The molecule has 0 aliphatic carbocycles. The van der Waals surface area contributed by atoms with E-state index in [2.05, 4.69) is 0 Å². The largest absolute Gasteiger partial charge is 0.377 e. The summed E-state index contributed by atoms with van der Waals surface area (Å²) in [6.07, 6.45) is 1.68. The molecule has 0 amide bonds. The summed E-state index contributed by atoms with van der Waals surface area (Å²) in [6, 6.07) is 0. The maximum Gasteiger partial charge on any atom is 0.216 e. The Morgan fingerprint density at radius 3 is 2.73 bits per heavy atom. The standard InChI is InChI=1S/C9H20N2O3S/c1-2-11(6-5-10)15(12,13)8-9-4-3-7-14-9/h9H,2-8,10H2,1H3. The third-order valence-corrected chi connectivity index (χ3v) is 4.57. The highest BCUT2D eigenvalue weighted by molar-refractivity contribution is 7.89. The fourth-order valence-electron chi connectivity index (χ4n) is 1.75. The lowest BCUT2D eigenvalue weighted by Gasteiger charge is -2.21. The molecule has 0 saturated carbocycles. The van der Waals surface area contributed by atoms with Crippen molar-refractivity contribution in [3.05, 3.63) is 0 Å². The van der Waals surface area contributed by atoms with Gasteiger partial charge in [-0.1, -0.05) is 6.92 Å². The highest BCUT2D eigenvalue weighted by atomic mass is 32.2. The van der Waals surface area contributed by atoms with Gasteiger partial charge in [0.2, 0.25) is 10.0 Å². The van der Waals surface area contributed by atoms with Crippen LogP contribution in [-0.4, -0.2) is 50.8 Å². The summed E-state index contributed by atoms with van der Waals surface area (Å²) >= 11 is 0. The molecule has 0 aromatic heterocycles. The number of sulfonamides is 1. The van der Waals surface area contributed by atoms with Gasteiger partial charge in [0.05, 0.1) is 11.9 Å². The third kappa shape index (κ3) is 3.71. The molecule has 2 N–H and O–H groups in total. The van der Waals surface area contributed by atoms with Crippen LogP contribution in [0.1, 0.15) is 19.8 Å². The molecular weight excluding hydrogens is 216 g/mol. The van der Waals surface area contributed by atoms with Gasteiger partial charge in [0.15, 0.2) is 0 Å². The first-order valence-electron chi connectivity index (χ1n) is 5.39. The Kier molecular flexibility index (Phi) is 4.98. The van der Waals surface area contributed by atoms with Crippen LogP contribution in [0.4, 0.5) is 0 Å². The second-order valence-corrected chi connectivity index (χ2v) is 5.71. The number of hydrogen-bond donors (Lipinski definition) is 1. The average Bonchev–Trinajstić information content (AvgIpc) is 2.65. The Morgan fingerprint density at radius 1 is 1.53 bits per heavy atom. The molecule has 1 saturated heterocycles. The van der Waals surface area contributed by atoms with Gasteiger partial charge in [-0.2, -0.15) is 0 Å². The van der Waals surface area contributed by atoms with E-state index in [1.165, 1.54) is 4.31 Å². The molecular formula is C9H20N2O3S. The van der Waals surface area contributed by atoms with Crippen LogP contribution in [0.2, 0.25) is 0 Å². The van der Waals surface area contributed by atoms with Crippen molar-refractivity contribution >= 4 is 10.0 Å². The summed E-state index contributed by atoms with van der Waals surface area (Å²) in [7, 11) is -3.19. The Labute approximate surface area is 91.6 Å². The molecule has 1 aliphatic heterocycles. The highest BCUT2D eigenvalue weighted by Gasteiger charge is 2.27. The van der Waals surface area contributed by atoms with Gasteiger partial charge in [0, 0.05) is 26.2 Å². The van der Waals surface area contributed by atoms with Crippen LogP contribution in [0.5, 0.6) is 0 Å². The van der Waals surface area contributed by atoms with E-state index in [9.17, 15) is 8.42 Å². The third-order valence-electron chi connectivity index (χ3n) is 2.55. The van der Waals surface area contributed by atoms with E-state index in [1.54, 1.807) is 0 Å². The Bertz CT molecular complexity index is 273. The predicted molar refractivity (Wildman–Crippen MR) is 59.1 cm³/mol. The lowest BCUT2D eigenvalue weighted by molar-refractivity contribution is 0.126. The molecule has 0 bridgehead atoms. The zero-order valence-corrected chi connectivity index (χ0v) is 10.0. The number of hydrogen-bond acceptors (Lipinski definition) is 4. The summed E-state index contributed by atoms with van der Waals surface area (Å²) in [6.45, 7) is 3.74. The van der Waals surface area contributed by atoms with Crippen LogP contribution in [0.3, 0.4) is 0 Å². The second-order valence-electron chi connectivity index (χ2n) is 3.69. The van der Waals surface area contributed by atoms with Crippen molar-refractivity contribution in [1.82, 2.24) is 4.31 Å². The molecule has 1 unspecified atom stereocenters. The first-order valence-corrected chi connectivity index (χ1v) is 7.00. The van der Waals surface area contributed by atoms with Crippen molar-refractivity contribution in [2.75, 3.05) is 32.0 Å². The van der Waals surface area contributed by atoms with E-state index in [1.807, 2.05) is 6.92 Å². The van der Waals surface area contributed by atoms with Crippen LogP contribution in [0.15, 0.2) is 0 Å². The molecule has 1 atom stereocenters. The monoisotopic (exact) mass is 236 g/mol. The van der Waals surface area contributed by atoms with Crippen molar-refractivity contribution < 1.29 is 13.2 Å². The number of likely N-dealkylation sites (N-methyl/N-ethyl adjacent to an activating group) is 1. The maximum atomic E-state index is 11.9. The number of ether oxygens (including phenoxy) is 1. The zero-order chi connectivity index (χ0) is 11.3. The zero-order valence-electron chi connectivity index (χ0n) is 9.18. The van der Waals surface area contributed by atoms with E-state index in [-0.39, 0.29) is 11.9 Å². The Hall–Kier alpha value is -0.170. The topological polar surface area (TPSA) is 72.6 Å². The van der Waals surface area contributed by atoms with Crippen molar-refractivity contribution in [3.63, 3.8) is 0 Å². The van der Waals surface area contributed by atoms with E-state index in [4.69, 9.17) is 10.5 Å². The molecule has 1 heterocycles. The number of nitrogens with two attached hydrogens (primary N) is 1. The fraction of sp³-hybridized carbons (Fsp3) is 1.00. The smallest absolute Gasteiger partial charge is 0.216 e. The number of rotatable bonds is 6. The average molecular weight is 236 g/mol. The lowest BCUT2D eigenvalue weighted by Crippen LogP contribution is -2.39. The SMILES string of the molecule is CCN(CCN)S(=O)(=O)CC1CCCO1. The minimum absolute atomic E-state index is 0.0981. The van der Waals surface area contributed by atoms with Gasteiger partial charge in [0.25, 0.3) is 0 Å². The molecule has 0 radical (unpaired) electrons. The van der Waals surface area contributed by atoms with Gasteiger partial charge in [-0.05, 0) is 12.8 Å². The summed E-state index contributed by atoms with van der Waals surface area (Å²) in [5.41, 5.74) is 5.37. The van der Waals surface area contributed by atoms with E-state index in [0.717, 1.165) is 12.8 Å². The summed E-state index contributed by atoms with van der Waals surface area (Å²) in [4.78, 5) is 0. The molecule has 0 aromatic rings. The highest BCUT2D eigenvalue weighted by Crippen LogP contribution is 2.15. The maximum absolute atomic E-state index is 11.9. The van der Waals surface area contributed by atoms with Gasteiger partial charge in [-0.3, -0.25) is 0 Å². The molecule has 0 aromatic carbocycles. The van der Waals surface area contributed by atoms with Gasteiger partial charge >= 0.3 is 0 Å².